The molecule has 0 saturated carbocycles. The third kappa shape index (κ3) is 2.88. The number of hydrogen-bond donors (Lipinski definition) is 1. The summed E-state index contributed by atoms with van der Waals surface area (Å²) in [5, 5.41) is 3.39. The van der Waals surface area contributed by atoms with Crippen LogP contribution in [0.5, 0.6) is 0 Å². The quantitative estimate of drug-likeness (QED) is 0.776. The first-order valence-electron chi connectivity index (χ1n) is 7.79. The highest BCUT2D eigenvalue weighted by Crippen LogP contribution is 2.32. The predicted octanol–water partition coefficient (Wildman–Crippen LogP) is 1.46. The van der Waals surface area contributed by atoms with Crippen LogP contribution in [0, 0.1) is 0 Å². The number of likely N-dealkylation sites (tertiary alicyclic amines) is 1. The molecule has 2 fully saturated rings. The average Bonchev–Trinajstić information content (AvgIpc) is 2.73. The predicted molar refractivity (Wildman–Crippen MR) is 76.2 cm³/mol. The van der Waals surface area contributed by atoms with E-state index in [4.69, 9.17) is 4.74 Å². The Bertz CT molecular complexity index is 379. The van der Waals surface area contributed by atoms with Crippen molar-refractivity contribution in [3.8, 4) is 0 Å². The van der Waals surface area contributed by atoms with Gasteiger partial charge in [-0.05, 0) is 32.6 Å². The van der Waals surface area contributed by atoms with E-state index in [0.29, 0.717) is 13.0 Å². The molecule has 0 aliphatic carbocycles. The Balaban J connectivity index is 1.97. The number of nitrogens with one attached hydrogen (secondary N) is 1. The maximum absolute atomic E-state index is 12.1. The van der Waals surface area contributed by atoms with Crippen LogP contribution >= 0.6 is 0 Å². The number of amides is 2. The Morgan fingerprint density at radius 1 is 1.30 bits per heavy atom. The molecule has 2 heterocycles. The van der Waals surface area contributed by atoms with Crippen LogP contribution in [0.2, 0.25) is 0 Å². The summed E-state index contributed by atoms with van der Waals surface area (Å²) in [5.41, 5.74) is -0.0635. The molecule has 2 rings (SSSR count). The highest BCUT2D eigenvalue weighted by atomic mass is 16.5. The first-order chi connectivity index (χ1) is 9.55. The fraction of sp³-hybridized carbons (Fsp3) is 0.867. The lowest BCUT2D eigenvalue weighted by Gasteiger charge is -2.41. The summed E-state index contributed by atoms with van der Waals surface area (Å²) >= 11 is 0. The van der Waals surface area contributed by atoms with Crippen LogP contribution in [-0.2, 0) is 14.3 Å². The van der Waals surface area contributed by atoms with Crippen LogP contribution in [0.25, 0.3) is 0 Å². The number of likely N-dealkylation sites (N-methyl/N-ethyl adjacent to an activating group) is 1. The summed E-state index contributed by atoms with van der Waals surface area (Å²) < 4.78 is 5.95. The van der Waals surface area contributed by atoms with Crippen molar-refractivity contribution in [3.63, 3.8) is 0 Å². The topological polar surface area (TPSA) is 58.6 Å². The normalized spacial score (nSPS) is 30.1. The number of carbonyl (C=O) groups is 2. The van der Waals surface area contributed by atoms with Crippen LogP contribution < -0.4 is 5.32 Å². The van der Waals surface area contributed by atoms with Crippen molar-refractivity contribution >= 4 is 11.8 Å². The third-order valence-corrected chi connectivity index (χ3v) is 4.78. The number of rotatable bonds is 5. The summed E-state index contributed by atoms with van der Waals surface area (Å²) in [4.78, 5) is 25.2. The molecule has 2 atom stereocenters. The van der Waals surface area contributed by atoms with Gasteiger partial charge in [0, 0.05) is 19.2 Å². The molecule has 114 valence electrons. The van der Waals surface area contributed by atoms with Crippen molar-refractivity contribution in [2.45, 2.75) is 70.6 Å². The Kier molecular flexibility index (Phi) is 4.81. The second kappa shape index (κ2) is 6.22. The molecular formula is C15H26N2O3. The van der Waals surface area contributed by atoms with Crippen LogP contribution in [0.3, 0.4) is 0 Å². The Labute approximate surface area is 121 Å². The Morgan fingerprint density at radius 2 is 2.00 bits per heavy atom. The minimum atomic E-state index is -0.336. The van der Waals surface area contributed by atoms with E-state index in [1.165, 1.54) is 4.90 Å². The van der Waals surface area contributed by atoms with Crippen LogP contribution in [0.15, 0.2) is 0 Å². The number of hydrogen-bond acceptors (Lipinski definition) is 4. The number of carbonyl (C=O) groups excluding carboxylic acids is 2. The number of imide groups is 1. The molecular weight excluding hydrogens is 256 g/mol. The van der Waals surface area contributed by atoms with Crippen molar-refractivity contribution in [2.75, 3.05) is 13.2 Å². The van der Waals surface area contributed by atoms with E-state index < -0.39 is 0 Å². The van der Waals surface area contributed by atoms with E-state index in [1.54, 1.807) is 0 Å². The van der Waals surface area contributed by atoms with Crippen molar-refractivity contribution in [2.24, 2.45) is 0 Å². The molecule has 0 bridgehead atoms. The molecule has 0 aromatic carbocycles. The SMILES string of the molecule is CCN1C(=O)CC(NC2CCOC(CC)(CC)C2)C1=O. The van der Waals surface area contributed by atoms with Gasteiger partial charge in [0.1, 0.15) is 0 Å². The van der Waals surface area contributed by atoms with E-state index in [0.717, 1.165) is 32.3 Å². The second-order valence-corrected chi connectivity index (χ2v) is 5.83. The van der Waals surface area contributed by atoms with Crippen molar-refractivity contribution in [1.29, 1.82) is 0 Å². The zero-order chi connectivity index (χ0) is 14.8. The highest BCUT2D eigenvalue weighted by Gasteiger charge is 2.41. The Hall–Kier alpha value is -0.940. The van der Waals surface area contributed by atoms with Gasteiger partial charge in [-0.3, -0.25) is 14.5 Å². The van der Waals surface area contributed by atoms with Gasteiger partial charge in [0.2, 0.25) is 11.8 Å². The second-order valence-electron chi connectivity index (χ2n) is 5.83. The average molecular weight is 282 g/mol. The standard InChI is InChI=1S/C15H26N2O3/c1-4-15(5-2)10-11(7-8-20-15)16-12-9-13(18)17(6-3)14(12)19/h11-12,16H,4-10H2,1-3H3. The summed E-state index contributed by atoms with van der Waals surface area (Å²) in [6, 6.07) is -0.0702. The van der Waals surface area contributed by atoms with E-state index in [-0.39, 0.29) is 29.5 Å². The summed E-state index contributed by atoms with van der Waals surface area (Å²) in [6.07, 6.45) is 4.10. The minimum Gasteiger partial charge on any atom is -0.375 e. The molecule has 2 aliphatic rings. The van der Waals surface area contributed by atoms with Gasteiger partial charge in [-0.2, -0.15) is 0 Å². The highest BCUT2D eigenvalue weighted by molar-refractivity contribution is 6.05. The molecule has 2 saturated heterocycles. The Morgan fingerprint density at radius 3 is 2.55 bits per heavy atom. The van der Waals surface area contributed by atoms with Crippen LogP contribution in [-0.4, -0.2) is 47.6 Å². The molecule has 0 aromatic heterocycles. The number of ether oxygens (including phenoxy) is 1. The van der Waals surface area contributed by atoms with Gasteiger partial charge in [0.15, 0.2) is 0 Å². The number of nitrogens with zero attached hydrogens (tertiary/aromatic N) is 1. The summed E-state index contributed by atoms with van der Waals surface area (Å²) in [5.74, 6) is -0.123. The zero-order valence-corrected chi connectivity index (χ0v) is 12.8. The molecule has 2 aliphatic heterocycles. The zero-order valence-electron chi connectivity index (χ0n) is 12.8. The largest absolute Gasteiger partial charge is 0.375 e. The smallest absolute Gasteiger partial charge is 0.246 e. The van der Waals surface area contributed by atoms with E-state index >= 15 is 0 Å². The molecule has 5 nitrogen and oxygen atoms in total. The van der Waals surface area contributed by atoms with Gasteiger partial charge in [-0.15, -0.1) is 0 Å². The maximum atomic E-state index is 12.1. The van der Waals surface area contributed by atoms with Gasteiger partial charge >= 0.3 is 0 Å². The minimum absolute atomic E-state index is 0.0562. The van der Waals surface area contributed by atoms with Crippen molar-refractivity contribution in [1.82, 2.24) is 10.2 Å². The van der Waals surface area contributed by atoms with E-state index in [2.05, 4.69) is 19.2 Å². The lowest BCUT2D eigenvalue weighted by Crippen LogP contribution is -2.51. The molecule has 0 radical (unpaired) electrons. The monoisotopic (exact) mass is 282 g/mol. The first kappa shape index (κ1) is 15.4. The van der Waals surface area contributed by atoms with Crippen molar-refractivity contribution < 1.29 is 14.3 Å². The molecule has 20 heavy (non-hydrogen) atoms. The first-order valence-corrected chi connectivity index (χ1v) is 7.79. The third-order valence-electron chi connectivity index (χ3n) is 4.78. The summed E-state index contributed by atoms with van der Waals surface area (Å²) in [6.45, 7) is 7.33. The van der Waals surface area contributed by atoms with Gasteiger partial charge in [0.05, 0.1) is 18.1 Å². The lowest BCUT2D eigenvalue weighted by atomic mass is 9.85. The van der Waals surface area contributed by atoms with E-state index in [1.807, 2.05) is 6.92 Å². The van der Waals surface area contributed by atoms with Gasteiger partial charge in [0.25, 0.3) is 0 Å². The molecule has 2 unspecified atom stereocenters. The van der Waals surface area contributed by atoms with Gasteiger partial charge in [-0.1, -0.05) is 13.8 Å². The maximum Gasteiger partial charge on any atom is 0.246 e. The molecule has 1 N–H and O–H groups in total. The fourth-order valence-corrected chi connectivity index (χ4v) is 3.34. The van der Waals surface area contributed by atoms with Gasteiger partial charge < -0.3 is 10.1 Å². The molecule has 0 spiro atoms. The lowest BCUT2D eigenvalue weighted by molar-refractivity contribution is -0.138. The van der Waals surface area contributed by atoms with Gasteiger partial charge in [-0.25, -0.2) is 0 Å². The fourth-order valence-electron chi connectivity index (χ4n) is 3.34. The molecule has 2 amide bonds. The molecule has 5 heteroatoms. The van der Waals surface area contributed by atoms with E-state index in [9.17, 15) is 9.59 Å². The van der Waals surface area contributed by atoms with Crippen LogP contribution in [0.4, 0.5) is 0 Å². The van der Waals surface area contributed by atoms with Crippen LogP contribution in [0.1, 0.15) is 52.9 Å². The summed E-state index contributed by atoms with van der Waals surface area (Å²) in [7, 11) is 0. The molecule has 0 aromatic rings. The van der Waals surface area contributed by atoms with Crippen molar-refractivity contribution in [3.05, 3.63) is 0 Å².